The molecule has 1 heterocycles. The van der Waals surface area contributed by atoms with Gasteiger partial charge in [0.25, 0.3) is 0 Å². The molecule has 0 radical (unpaired) electrons. The molecule has 0 amide bonds. The Morgan fingerprint density at radius 2 is 2.31 bits per heavy atom. The Hall–Kier alpha value is -1.62. The van der Waals surface area contributed by atoms with Crippen LogP contribution < -0.4 is 0 Å². The SMILES string of the molecule is C=CC(O)c1cnn(C(=O)OC(C)(C)C)c1. The average molecular weight is 224 g/mol. The minimum Gasteiger partial charge on any atom is -0.442 e. The fraction of sp³-hybridized carbons (Fsp3) is 0.455. The highest BCUT2D eigenvalue weighted by Gasteiger charge is 2.19. The minimum atomic E-state index is -0.823. The lowest BCUT2D eigenvalue weighted by atomic mass is 10.2. The monoisotopic (exact) mass is 224 g/mol. The van der Waals surface area contributed by atoms with E-state index in [1.807, 2.05) is 0 Å². The molecule has 0 spiro atoms. The second-order valence-corrected chi connectivity index (χ2v) is 4.38. The number of hydrogen-bond acceptors (Lipinski definition) is 4. The predicted octanol–water partition coefficient (Wildman–Crippen LogP) is 1.89. The summed E-state index contributed by atoms with van der Waals surface area (Å²) in [5.74, 6) is 0. The van der Waals surface area contributed by atoms with Crippen molar-refractivity contribution in [3.8, 4) is 0 Å². The quantitative estimate of drug-likeness (QED) is 0.779. The van der Waals surface area contributed by atoms with E-state index in [1.165, 1.54) is 18.5 Å². The summed E-state index contributed by atoms with van der Waals surface area (Å²) in [5.41, 5.74) is -0.0684. The van der Waals surface area contributed by atoms with Crippen LogP contribution >= 0.6 is 0 Å². The van der Waals surface area contributed by atoms with Crippen LogP contribution in [0.1, 0.15) is 32.4 Å². The van der Waals surface area contributed by atoms with Crippen LogP contribution in [0.3, 0.4) is 0 Å². The summed E-state index contributed by atoms with van der Waals surface area (Å²) in [6.07, 6.45) is 2.78. The number of aliphatic hydroxyl groups is 1. The van der Waals surface area contributed by atoms with Crippen LogP contribution in [-0.4, -0.2) is 26.6 Å². The van der Waals surface area contributed by atoms with Gasteiger partial charge < -0.3 is 9.84 Å². The Bertz CT molecular complexity index is 390. The highest BCUT2D eigenvalue weighted by molar-refractivity contribution is 5.69. The standard InChI is InChI=1S/C11H16N2O3/c1-5-9(14)8-6-12-13(7-8)10(15)16-11(2,3)4/h5-7,9,14H,1H2,2-4H3. The molecule has 1 aromatic heterocycles. The fourth-order valence-electron chi connectivity index (χ4n) is 1.03. The molecule has 0 aliphatic carbocycles. The number of nitrogens with zero attached hydrogens (tertiary/aromatic N) is 2. The molecular formula is C11H16N2O3. The minimum absolute atomic E-state index is 0.501. The van der Waals surface area contributed by atoms with Gasteiger partial charge in [0.15, 0.2) is 0 Å². The lowest BCUT2D eigenvalue weighted by molar-refractivity contribution is 0.0514. The molecule has 5 heteroatoms. The molecule has 1 aromatic rings. The van der Waals surface area contributed by atoms with E-state index in [0.717, 1.165) is 4.68 Å². The Morgan fingerprint density at radius 3 is 2.81 bits per heavy atom. The highest BCUT2D eigenvalue weighted by atomic mass is 16.6. The van der Waals surface area contributed by atoms with Crippen molar-refractivity contribution in [3.05, 3.63) is 30.6 Å². The first-order valence-corrected chi connectivity index (χ1v) is 4.92. The van der Waals surface area contributed by atoms with Crippen molar-refractivity contribution in [2.45, 2.75) is 32.5 Å². The molecule has 1 N–H and O–H groups in total. The number of carbonyl (C=O) groups excluding carboxylic acids is 1. The summed E-state index contributed by atoms with van der Waals surface area (Å²) >= 11 is 0. The maximum absolute atomic E-state index is 11.6. The van der Waals surface area contributed by atoms with Crippen LogP contribution in [0.25, 0.3) is 0 Å². The first-order chi connectivity index (χ1) is 7.33. The maximum Gasteiger partial charge on any atom is 0.435 e. The molecule has 0 saturated carbocycles. The van der Waals surface area contributed by atoms with Gasteiger partial charge in [-0.15, -0.1) is 6.58 Å². The Labute approximate surface area is 94.3 Å². The van der Waals surface area contributed by atoms with Crippen molar-refractivity contribution in [2.24, 2.45) is 0 Å². The molecular weight excluding hydrogens is 208 g/mol. The van der Waals surface area contributed by atoms with Gasteiger partial charge in [-0.2, -0.15) is 9.78 Å². The van der Waals surface area contributed by atoms with Gasteiger partial charge in [-0.25, -0.2) is 4.79 Å². The fourth-order valence-corrected chi connectivity index (χ4v) is 1.03. The Balaban J connectivity index is 2.78. The van der Waals surface area contributed by atoms with Crippen molar-refractivity contribution < 1.29 is 14.6 Å². The molecule has 88 valence electrons. The largest absolute Gasteiger partial charge is 0.442 e. The van der Waals surface area contributed by atoms with E-state index < -0.39 is 17.8 Å². The van der Waals surface area contributed by atoms with E-state index in [9.17, 15) is 9.90 Å². The second kappa shape index (κ2) is 4.49. The summed E-state index contributed by atoms with van der Waals surface area (Å²) in [6, 6.07) is 0. The lowest BCUT2D eigenvalue weighted by Crippen LogP contribution is -2.27. The summed E-state index contributed by atoms with van der Waals surface area (Å²) in [7, 11) is 0. The number of aliphatic hydroxyl groups excluding tert-OH is 1. The van der Waals surface area contributed by atoms with Crippen LogP contribution in [0, 0.1) is 0 Å². The molecule has 1 unspecified atom stereocenters. The second-order valence-electron chi connectivity index (χ2n) is 4.38. The van der Waals surface area contributed by atoms with Crippen LogP contribution in [0.2, 0.25) is 0 Å². The van der Waals surface area contributed by atoms with Gasteiger partial charge in [0.1, 0.15) is 5.60 Å². The van der Waals surface area contributed by atoms with Crippen molar-refractivity contribution in [1.82, 2.24) is 9.78 Å². The third-order valence-corrected chi connectivity index (χ3v) is 1.75. The van der Waals surface area contributed by atoms with E-state index >= 15 is 0 Å². The topological polar surface area (TPSA) is 64.4 Å². The Morgan fingerprint density at radius 1 is 1.69 bits per heavy atom. The molecule has 0 aliphatic heterocycles. The van der Waals surface area contributed by atoms with Crippen LogP contribution in [-0.2, 0) is 4.74 Å². The first-order valence-electron chi connectivity index (χ1n) is 4.92. The maximum atomic E-state index is 11.6. The molecule has 5 nitrogen and oxygen atoms in total. The molecule has 0 aromatic carbocycles. The zero-order chi connectivity index (χ0) is 12.3. The van der Waals surface area contributed by atoms with E-state index in [4.69, 9.17) is 4.74 Å². The number of carbonyl (C=O) groups is 1. The molecule has 0 fully saturated rings. The van der Waals surface area contributed by atoms with Crippen LogP contribution in [0.4, 0.5) is 4.79 Å². The van der Waals surface area contributed by atoms with Gasteiger partial charge in [-0.1, -0.05) is 6.08 Å². The van der Waals surface area contributed by atoms with E-state index in [1.54, 1.807) is 20.8 Å². The van der Waals surface area contributed by atoms with Gasteiger partial charge in [0, 0.05) is 11.8 Å². The summed E-state index contributed by atoms with van der Waals surface area (Å²) in [4.78, 5) is 11.6. The number of hydrogen-bond donors (Lipinski definition) is 1. The van der Waals surface area contributed by atoms with Gasteiger partial charge in [0.2, 0.25) is 0 Å². The number of aromatic nitrogens is 2. The third kappa shape index (κ3) is 3.20. The van der Waals surface area contributed by atoms with Crippen LogP contribution in [0.5, 0.6) is 0 Å². The summed E-state index contributed by atoms with van der Waals surface area (Å²) in [6.45, 7) is 8.76. The zero-order valence-corrected chi connectivity index (χ0v) is 9.67. The van der Waals surface area contributed by atoms with Crippen molar-refractivity contribution in [2.75, 3.05) is 0 Å². The molecule has 16 heavy (non-hydrogen) atoms. The average Bonchev–Trinajstić information content (AvgIpc) is 2.62. The summed E-state index contributed by atoms with van der Waals surface area (Å²) in [5, 5.41) is 13.2. The van der Waals surface area contributed by atoms with Crippen LogP contribution in [0.15, 0.2) is 25.0 Å². The third-order valence-electron chi connectivity index (χ3n) is 1.75. The van der Waals surface area contributed by atoms with Crippen molar-refractivity contribution in [3.63, 3.8) is 0 Å². The first kappa shape index (κ1) is 12.4. The zero-order valence-electron chi connectivity index (χ0n) is 9.67. The Kier molecular flexibility index (Phi) is 3.49. The number of ether oxygens (including phenoxy) is 1. The molecule has 1 rings (SSSR count). The van der Waals surface area contributed by atoms with Crippen molar-refractivity contribution in [1.29, 1.82) is 0 Å². The molecule has 0 aliphatic rings. The summed E-state index contributed by atoms with van der Waals surface area (Å²) < 4.78 is 6.15. The van der Waals surface area contributed by atoms with Gasteiger partial charge >= 0.3 is 6.09 Å². The number of rotatable bonds is 2. The molecule has 0 saturated heterocycles. The van der Waals surface area contributed by atoms with E-state index in [2.05, 4.69) is 11.7 Å². The van der Waals surface area contributed by atoms with Gasteiger partial charge in [0.05, 0.1) is 12.3 Å². The van der Waals surface area contributed by atoms with E-state index in [-0.39, 0.29) is 0 Å². The highest BCUT2D eigenvalue weighted by Crippen LogP contribution is 2.13. The predicted molar refractivity (Wildman–Crippen MR) is 59.0 cm³/mol. The molecule has 1 atom stereocenters. The van der Waals surface area contributed by atoms with Crippen molar-refractivity contribution >= 4 is 6.09 Å². The normalized spacial score (nSPS) is 13.2. The lowest BCUT2D eigenvalue weighted by Gasteiger charge is -2.18. The van der Waals surface area contributed by atoms with Gasteiger partial charge in [-0.05, 0) is 20.8 Å². The van der Waals surface area contributed by atoms with E-state index in [0.29, 0.717) is 5.56 Å². The molecule has 0 bridgehead atoms. The smallest absolute Gasteiger partial charge is 0.435 e. The van der Waals surface area contributed by atoms with Gasteiger partial charge in [-0.3, -0.25) is 0 Å².